The molecule has 0 aromatic heterocycles. The van der Waals surface area contributed by atoms with Crippen molar-refractivity contribution in [1.29, 1.82) is 0 Å². The fraction of sp³-hybridized carbons (Fsp3) is 0.533. The van der Waals surface area contributed by atoms with Gasteiger partial charge in [-0.05, 0) is 25.3 Å². The maximum Gasteiger partial charge on any atom is 0.270 e. The summed E-state index contributed by atoms with van der Waals surface area (Å²) in [6.45, 7) is 5.81. The summed E-state index contributed by atoms with van der Waals surface area (Å²) in [5.74, 6) is -0.265. The predicted molar refractivity (Wildman–Crippen MR) is 80.3 cm³/mol. The number of aliphatic hydroxyl groups excluding tert-OH is 1. The molecule has 6 heteroatoms. The number of hydrogen-bond acceptors (Lipinski definition) is 4. The van der Waals surface area contributed by atoms with Crippen molar-refractivity contribution in [2.75, 3.05) is 13.2 Å². The monoisotopic (exact) mass is 294 g/mol. The van der Waals surface area contributed by atoms with Crippen molar-refractivity contribution in [1.82, 2.24) is 4.90 Å². The van der Waals surface area contributed by atoms with Crippen LogP contribution in [0, 0.1) is 17.0 Å². The van der Waals surface area contributed by atoms with E-state index < -0.39 is 4.92 Å². The van der Waals surface area contributed by atoms with Crippen LogP contribution in [0.3, 0.4) is 0 Å². The number of benzene rings is 1. The number of non-ortho nitro benzene ring substituents is 1. The molecule has 0 aliphatic carbocycles. The normalized spacial score (nSPS) is 10.7. The number of nitro benzene ring substituents is 1. The Labute approximate surface area is 124 Å². The second-order valence-electron chi connectivity index (χ2n) is 4.95. The number of nitrogens with zero attached hydrogens (tertiary/aromatic N) is 2. The first kappa shape index (κ1) is 17.1. The summed E-state index contributed by atoms with van der Waals surface area (Å²) in [6.07, 6.45) is 1.55. The van der Waals surface area contributed by atoms with E-state index in [0.717, 1.165) is 12.8 Å². The summed E-state index contributed by atoms with van der Waals surface area (Å²) >= 11 is 0. The Bertz CT molecular complexity index is 512. The third-order valence-corrected chi connectivity index (χ3v) is 3.65. The molecule has 1 amide bonds. The molecule has 0 saturated heterocycles. The average Bonchev–Trinajstić information content (AvgIpc) is 2.47. The Morgan fingerprint density at radius 2 is 2.00 bits per heavy atom. The molecule has 0 aliphatic rings. The highest BCUT2D eigenvalue weighted by atomic mass is 16.6. The van der Waals surface area contributed by atoms with Gasteiger partial charge in [0.25, 0.3) is 11.6 Å². The van der Waals surface area contributed by atoms with E-state index in [4.69, 9.17) is 0 Å². The van der Waals surface area contributed by atoms with Gasteiger partial charge in [0.05, 0.1) is 11.5 Å². The second kappa shape index (κ2) is 7.73. The van der Waals surface area contributed by atoms with Crippen molar-refractivity contribution < 1.29 is 14.8 Å². The van der Waals surface area contributed by atoms with Crippen molar-refractivity contribution in [2.45, 2.75) is 39.7 Å². The second-order valence-corrected chi connectivity index (χ2v) is 4.95. The fourth-order valence-electron chi connectivity index (χ4n) is 2.40. The molecular formula is C15H22N2O4. The third-order valence-electron chi connectivity index (χ3n) is 3.65. The quantitative estimate of drug-likeness (QED) is 0.618. The molecule has 1 aromatic rings. The minimum Gasteiger partial charge on any atom is -0.395 e. The summed E-state index contributed by atoms with van der Waals surface area (Å²) in [5.41, 5.74) is 0.918. The molecular weight excluding hydrogens is 272 g/mol. The van der Waals surface area contributed by atoms with Crippen LogP contribution in [-0.4, -0.2) is 40.0 Å². The fourth-order valence-corrected chi connectivity index (χ4v) is 2.40. The predicted octanol–water partition coefficient (Wildman–Crippen LogP) is 2.53. The van der Waals surface area contributed by atoms with Gasteiger partial charge in [-0.25, -0.2) is 0 Å². The lowest BCUT2D eigenvalue weighted by Gasteiger charge is -2.30. The van der Waals surface area contributed by atoms with E-state index >= 15 is 0 Å². The first-order valence-corrected chi connectivity index (χ1v) is 7.13. The van der Waals surface area contributed by atoms with Crippen LogP contribution < -0.4 is 0 Å². The van der Waals surface area contributed by atoms with Crippen LogP contribution in [0.5, 0.6) is 0 Å². The summed E-state index contributed by atoms with van der Waals surface area (Å²) in [7, 11) is 0. The molecule has 0 aliphatic heterocycles. The smallest absolute Gasteiger partial charge is 0.270 e. The maximum absolute atomic E-state index is 12.7. The van der Waals surface area contributed by atoms with Crippen LogP contribution in [0.15, 0.2) is 18.2 Å². The summed E-state index contributed by atoms with van der Waals surface area (Å²) in [5, 5.41) is 20.1. The van der Waals surface area contributed by atoms with E-state index in [0.29, 0.717) is 11.1 Å². The molecule has 6 nitrogen and oxygen atoms in total. The molecule has 0 spiro atoms. The maximum atomic E-state index is 12.7. The minimum atomic E-state index is -0.510. The van der Waals surface area contributed by atoms with Crippen molar-refractivity contribution in [2.24, 2.45) is 0 Å². The highest BCUT2D eigenvalue weighted by Gasteiger charge is 2.24. The lowest BCUT2D eigenvalue weighted by molar-refractivity contribution is -0.384. The van der Waals surface area contributed by atoms with E-state index in [1.165, 1.54) is 12.1 Å². The molecule has 0 unspecified atom stereocenters. The Kier molecular flexibility index (Phi) is 6.30. The number of nitro groups is 1. The van der Waals surface area contributed by atoms with Gasteiger partial charge in [-0.15, -0.1) is 0 Å². The summed E-state index contributed by atoms with van der Waals surface area (Å²) in [6, 6.07) is 4.29. The lowest BCUT2D eigenvalue weighted by Crippen LogP contribution is -2.41. The van der Waals surface area contributed by atoms with E-state index in [2.05, 4.69) is 0 Å². The molecule has 1 rings (SSSR count). The topological polar surface area (TPSA) is 83.7 Å². The lowest BCUT2D eigenvalue weighted by atomic mass is 10.0. The average molecular weight is 294 g/mol. The standard InChI is InChI=1S/C15H22N2O4/c1-4-12(5-2)16(8-9-18)15(19)14-10-13(17(20)21)7-6-11(14)3/h6-7,10,12,18H,4-5,8-9H2,1-3H3. The van der Waals surface area contributed by atoms with Gasteiger partial charge in [0, 0.05) is 30.3 Å². The number of rotatable bonds is 7. The molecule has 0 saturated carbocycles. The van der Waals surface area contributed by atoms with Crippen LogP contribution in [0.4, 0.5) is 5.69 Å². The van der Waals surface area contributed by atoms with Crippen molar-refractivity contribution in [3.8, 4) is 0 Å². The zero-order valence-electron chi connectivity index (χ0n) is 12.7. The van der Waals surface area contributed by atoms with Gasteiger partial charge in [0.1, 0.15) is 0 Å². The first-order valence-electron chi connectivity index (χ1n) is 7.13. The number of carbonyl (C=O) groups excluding carboxylic acids is 1. The highest BCUT2D eigenvalue weighted by molar-refractivity contribution is 5.96. The molecule has 0 atom stereocenters. The van der Waals surface area contributed by atoms with Gasteiger partial charge in [-0.3, -0.25) is 14.9 Å². The first-order chi connectivity index (χ1) is 9.96. The van der Waals surface area contributed by atoms with Gasteiger partial charge in [0.2, 0.25) is 0 Å². The molecule has 21 heavy (non-hydrogen) atoms. The Hall–Kier alpha value is -1.95. The Balaban J connectivity index is 3.19. The molecule has 0 heterocycles. The van der Waals surface area contributed by atoms with E-state index in [1.54, 1.807) is 17.9 Å². The van der Waals surface area contributed by atoms with E-state index in [9.17, 15) is 20.0 Å². The van der Waals surface area contributed by atoms with Crippen molar-refractivity contribution in [3.05, 3.63) is 39.4 Å². The van der Waals surface area contributed by atoms with Crippen LogP contribution >= 0.6 is 0 Å². The summed E-state index contributed by atoms with van der Waals surface area (Å²) in [4.78, 5) is 24.6. The van der Waals surface area contributed by atoms with Crippen LogP contribution in [0.1, 0.15) is 42.6 Å². The van der Waals surface area contributed by atoms with E-state index in [-0.39, 0.29) is 30.8 Å². The molecule has 0 bridgehead atoms. The third kappa shape index (κ3) is 4.01. The number of aliphatic hydroxyl groups is 1. The molecule has 0 fully saturated rings. The number of hydrogen-bond donors (Lipinski definition) is 1. The largest absolute Gasteiger partial charge is 0.395 e. The zero-order valence-corrected chi connectivity index (χ0v) is 12.7. The molecule has 116 valence electrons. The summed E-state index contributed by atoms with van der Waals surface area (Å²) < 4.78 is 0. The van der Waals surface area contributed by atoms with Crippen LogP contribution in [0.25, 0.3) is 0 Å². The molecule has 1 N–H and O–H groups in total. The van der Waals surface area contributed by atoms with Gasteiger partial charge in [0.15, 0.2) is 0 Å². The minimum absolute atomic E-state index is 0.0170. The number of amides is 1. The Morgan fingerprint density at radius 3 is 2.48 bits per heavy atom. The van der Waals surface area contributed by atoms with E-state index in [1.807, 2.05) is 13.8 Å². The number of aryl methyl sites for hydroxylation is 1. The number of carbonyl (C=O) groups is 1. The van der Waals surface area contributed by atoms with Crippen LogP contribution in [-0.2, 0) is 0 Å². The van der Waals surface area contributed by atoms with Gasteiger partial charge < -0.3 is 10.0 Å². The van der Waals surface area contributed by atoms with Gasteiger partial charge in [-0.2, -0.15) is 0 Å². The van der Waals surface area contributed by atoms with Crippen molar-refractivity contribution >= 4 is 11.6 Å². The van der Waals surface area contributed by atoms with Gasteiger partial charge in [-0.1, -0.05) is 19.9 Å². The highest BCUT2D eigenvalue weighted by Crippen LogP contribution is 2.21. The molecule has 0 radical (unpaired) electrons. The SMILES string of the molecule is CCC(CC)N(CCO)C(=O)c1cc([N+](=O)[O-])ccc1C. The Morgan fingerprint density at radius 1 is 1.38 bits per heavy atom. The zero-order chi connectivity index (χ0) is 16.0. The van der Waals surface area contributed by atoms with Crippen molar-refractivity contribution in [3.63, 3.8) is 0 Å². The molecule has 1 aromatic carbocycles. The van der Waals surface area contributed by atoms with Crippen LogP contribution in [0.2, 0.25) is 0 Å². The van der Waals surface area contributed by atoms with Gasteiger partial charge >= 0.3 is 0 Å².